The van der Waals surface area contributed by atoms with E-state index in [-0.39, 0.29) is 5.69 Å². The van der Waals surface area contributed by atoms with E-state index in [1.165, 1.54) is 6.07 Å². The Morgan fingerprint density at radius 3 is 2.80 bits per heavy atom. The quantitative estimate of drug-likeness (QED) is 0.722. The lowest BCUT2D eigenvalue weighted by atomic mass is 10.0. The van der Waals surface area contributed by atoms with Crippen LogP contribution in [0.2, 0.25) is 0 Å². The van der Waals surface area contributed by atoms with Crippen LogP contribution in [0, 0.1) is 12.7 Å². The number of halogens is 1. The summed E-state index contributed by atoms with van der Waals surface area (Å²) in [7, 11) is 0. The van der Waals surface area contributed by atoms with Crippen molar-refractivity contribution < 1.29 is 4.39 Å². The summed E-state index contributed by atoms with van der Waals surface area (Å²) in [5.41, 5.74) is 7.93. The molecule has 4 heteroatoms. The van der Waals surface area contributed by atoms with Crippen molar-refractivity contribution in [3.8, 4) is 11.3 Å². The number of benzene rings is 1. The van der Waals surface area contributed by atoms with Gasteiger partial charge in [0.1, 0.15) is 5.82 Å². The number of hydrogen-bond acceptors (Lipinski definition) is 3. The van der Waals surface area contributed by atoms with Crippen molar-refractivity contribution in [1.29, 1.82) is 0 Å². The van der Waals surface area contributed by atoms with Crippen LogP contribution in [-0.2, 0) is 0 Å². The molecule has 1 heterocycles. The Morgan fingerprint density at radius 2 is 2.13 bits per heavy atom. The molecular weight excluding hydrogens is 193 g/mol. The van der Waals surface area contributed by atoms with Crippen LogP contribution in [0.25, 0.3) is 11.3 Å². The van der Waals surface area contributed by atoms with E-state index in [1.807, 2.05) is 13.0 Å². The van der Waals surface area contributed by atoms with Gasteiger partial charge in [-0.2, -0.15) is 10.2 Å². The van der Waals surface area contributed by atoms with E-state index in [4.69, 9.17) is 5.73 Å². The normalized spacial score (nSPS) is 10.3. The van der Waals surface area contributed by atoms with Crippen molar-refractivity contribution in [2.24, 2.45) is 0 Å². The van der Waals surface area contributed by atoms with Crippen LogP contribution in [-0.4, -0.2) is 10.2 Å². The summed E-state index contributed by atoms with van der Waals surface area (Å²) in [5.74, 6) is -0.403. The summed E-state index contributed by atoms with van der Waals surface area (Å²) in [6.07, 6.45) is 1.59. The Balaban J connectivity index is 2.59. The number of aryl methyl sites for hydroxylation is 1. The zero-order valence-corrected chi connectivity index (χ0v) is 8.24. The molecule has 0 aliphatic rings. The molecule has 2 aromatic rings. The first kappa shape index (κ1) is 9.58. The SMILES string of the molecule is Cc1cc(F)c(N)cc1-c1cccnn1. The monoisotopic (exact) mass is 203 g/mol. The maximum atomic E-state index is 13.1. The van der Waals surface area contributed by atoms with Crippen molar-refractivity contribution in [3.05, 3.63) is 41.8 Å². The zero-order chi connectivity index (χ0) is 10.8. The molecule has 2 rings (SSSR count). The maximum absolute atomic E-state index is 13.1. The van der Waals surface area contributed by atoms with Gasteiger partial charge in [0.15, 0.2) is 0 Å². The number of nitrogen functional groups attached to an aromatic ring is 1. The molecule has 0 saturated carbocycles. The van der Waals surface area contributed by atoms with Crippen LogP contribution in [0.15, 0.2) is 30.5 Å². The van der Waals surface area contributed by atoms with Crippen molar-refractivity contribution in [2.75, 3.05) is 5.73 Å². The molecular formula is C11H10FN3. The molecule has 3 nitrogen and oxygen atoms in total. The number of aromatic nitrogens is 2. The van der Waals surface area contributed by atoms with Crippen molar-refractivity contribution in [2.45, 2.75) is 6.92 Å². The largest absolute Gasteiger partial charge is 0.396 e. The lowest BCUT2D eigenvalue weighted by Gasteiger charge is -2.06. The molecule has 1 aromatic heterocycles. The van der Waals surface area contributed by atoms with Gasteiger partial charge < -0.3 is 5.73 Å². The lowest BCUT2D eigenvalue weighted by molar-refractivity contribution is 0.631. The second-order valence-electron chi connectivity index (χ2n) is 3.30. The fraction of sp³-hybridized carbons (Fsp3) is 0.0909. The highest BCUT2D eigenvalue weighted by Gasteiger charge is 2.07. The van der Waals surface area contributed by atoms with Crippen LogP contribution in [0.5, 0.6) is 0 Å². The van der Waals surface area contributed by atoms with Gasteiger partial charge in [-0.05, 0) is 36.8 Å². The Bertz CT molecular complexity index is 483. The third kappa shape index (κ3) is 1.79. The molecule has 0 fully saturated rings. The minimum Gasteiger partial charge on any atom is -0.396 e. The van der Waals surface area contributed by atoms with Gasteiger partial charge >= 0.3 is 0 Å². The van der Waals surface area contributed by atoms with Gasteiger partial charge in [0.2, 0.25) is 0 Å². The van der Waals surface area contributed by atoms with Crippen LogP contribution in [0.1, 0.15) is 5.56 Å². The number of anilines is 1. The van der Waals surface area contributed by atoms with Gasteiger partial charge in [-0.15, -0.1) is 0 Å². The number of rotatable bonds is 1. The highest BCUT2D eigenvalue weighted by atomic mass is 19.1. The molecule has 0 atom stereocenters. The van der Waals surface area contributed by atoms with Crippen LogP contribution >= 0.6 is 0 Å². The first-order valence-electron chi connectivity index (χ1n) is 4.52. The minimum absolute atomic E-state index is 0.126. The Morgan fingerprint density at radius 1 is 1.33 bits per heavy atom. The standard InChI is InChI=1S/C11H10FN3/c1-7-5-9(12)10(13)6-8(7)11-3-2-4-14-15-11/h2-6H,13H2,1H3. The number of hydrogen-bond donors (Lipinski definition) is 1. The van der Waals surface area contributed by atoms with Gasteiger partial charge in [-0.25, -0.2) is 4.39 Å². The number of nitrogens with two attached hydrogens (primary N) is 1. The fourth-order valence-corrected chi connectivity index (χ4v) is 1.41. The molecule has 0 radical (unpaired) electrons. The third-order valence-corrected chi connectivity index (χ3v) is 2.19. The van der Waals surface area contributed by atoms with Gasteiger partial charge in [0.05, 0.1) is 11.4 Å². The highest BCUT2D eigenvalue weighted by Crippen LogP contribution is 2.25. The van der Waals surface area contributed by atoms with E-state index in [9.17, 15) is 4.39 Å². The van der Waals surface area contributed by atoms with Gasteiger partial charge in [0, 0.05) is 11.8 Å². The predicted octanol–water partition coefficient (Wildman–Crippen LogP) is 2.17. The lowest BCUT2D eigenvalue weighted by Crippen LogP contribution is -1.95. The van der Waals surface area contributed by atoms with Crippen LogP contribution in [0.3, 0.4) is 0 Å². The fourth-order valence-electron chi connectivity index (χ4n) is 1.41. The molecule has 1 aromatic carbocycles. The average molecular weight is 203 g/mol. The average Bonchev–Trinajstić information content (AvgIpc) is 2.25. The Kier molecular flexibility index (Phi) is 2.33. The highest BCUT2D eigenvalue weighted by molar-refractivity contribution is 5.67. The summed E-state index contributed by atoms with van der Waals surface area (Å²) in [4.78, 5) is 0. The Hall–Kier alpha value is -1.97. The molecule has 0 bridgehead atoms. The summed E-state index contributed by atoms with van der Waals surface area (Å²) >= 11 is 0. The second kappa shape index (κ2) is 3.65. The van der Waals surface area contributed by atoms with E-state index in [2.05, 4.69) is 10.2 Å². The first-order valence-corrected chi connectivity index (χ1v) is 4.52. The second-order valence-corrected chi connectivity index (χ2v) is 3.30. The molecule has 0 spiro atoms. The number of nitrogens with zero attached hydrogens (tertiary/aromatic N) is 2. The first-order chi connectivity index (χ1) is 7.18. The Labute approximate surface area is 86.8 Å². The molecule has 0 saturated heterocycles. The maximum Gasteiger partial charge on any atom is 0.146 e. The van der Waals surface area contributed by atoms with Crippen molar-refractivity contribution in [1.82, 2.24) is 10.2 Å². The molecule has 76 valence electrons. The smallest absolute Gasteiger partial charge is 0.146 e. The molecule has 2 N–H and O–H groups in total. The van der Waals surface area contributed by atoms with Gasteiger partial charge in [-0.1, -0.05) is 0 Å². The van der Waals surface area contributed by atoms with Gasteiger partial charge in [0.25, 0.3) is 0 Å². The van der Waals surface area contributed by atoms with E-state index in [0.717, 1.165) is 11.1 Å². The van der Waals surface area contributed by atoms with E-state index >= 15 is 0 Å². The molecule has 15 heavy (non-hydrogen) atoms. The minimum atomic E-state index is -0.403. The summed E-state index contributed by atoms with van der Waals surface area (Å²) in [6.45, 7) is 1.81. The topological polar surface area (TPSA) is 51.8 Å². The van der Waals surface area contributed by atoms with Crippen LogP contribution in [0.4, 0.5) is 10.1 Å². The van der Waals surface area contributed by atoms with E-state index in [1.54, 1.807) is 18.3 Å². The summed E-state index contributed by atoms with van der Waals surface area (Å²) in [5, 5.41) is 7.72. The molecule has 0 amide bonds. The molecule has 0 aliphatic heterocycles. The molecule has 0 aliphatic carbocycles. The van der Waals surface area contributed by atoms with Crippen molar-refractivity contribution >= 4 is 5.69 Å². The van der Waals surface area contributed by atoms with Crippen LogP contribution < -0.4 is 5.73 Å². The summed E-state index contributed by atoms with van der Waals surface area (Å²) < 4.78 is 13.1. The van der Waals surface area contributed by atoms with Gasteiger partial charge in [-0.3, -0.25) is 0 Å². The zero-order valence-electron chi connectivity index (χ0n) is 8.24. The van der Waals surface area contributed by atoms with E-state index in [0.29, 0.717) is 5.69 Å². The van der Waals surface area contributed by atoms with Crippen molar-refractivity contribution in [3.63, 3.8) is 0 Å². The molecule has 0 unspecified atom stereocenters. The third-order valence-electron chi connectivity index (χ3n) is 2.19. The summed E-state index contributed by atoms with van der Waals surface area (Å²) in [6, 6.07) is 6.57. The van der Waals surface area contributed by atoms with E-state index < -0.39 is 5.82 Å². The predicted molar refractivity (Wildman–Crippen MR) is 56.6 cm³/mol.